The molecule has 2 amide bonds. The minimum absolute atomic E-state index is 0.0354. The maximum atomic E-state index is 13.2. The van der Waals surface area contributed by atoms with Crippen molar-refractivity contribution < 1.29 is 37.8 Å². The molecule has 0 spiro atoms. The van der Waals surface area contributed by atoms with Crippen molar-refractivity contribution in [1.82, 2.24) is 14.8 Å². The van der Waals surface area contributed by atoms with E-state index in [1.165, 1.54) is 0 Å². The molecule has 1 saturated heterocycles. The van der Waals surface area contributed by atoms with E-state index in [1.807, 2.05) is 49.4 Å². The lowest BCUT2D eigenvalue weighted by Crippen LogP contribution is -2.53. The number of aliphatic hydroxyl groups is 1. The van der Waals surface area contributed by atoms with Gasteiger partial charge in [0.05, 0.1) is 5.69 Å². The van der Waals surface area contributed by atoms with Crippen LogP contribution in [-0.4, -0.2) is 68.1 Å². The minimum Gasteiger partial charge on any atom is -0.475 e. The lowest BCUT2D eigenvalue weighted by molar-refractivity contribution is -0.192. The lowest BCUT2D eigenvalue weighted by atomic mass is 9.87. The van der Waals surface area contributed by atoms with Gasteiger partial charge in [0, 0.05) is 31.4 Å². The lowest BCUT2D eigenvalue weighted by Gasteiger charge is -2.40. The Hall–Kier alpha value is -3.47. The Kier molecular flexibility index (Phi) is 7.79. The highest BCUT2D eigenvalue weighted by Crippen LogP contribution is 2.33. The smallest absolute Gasteiger partial charge is 0.475 e. The predicted molar refractivity (Wildman–Crippen MR) is 118 cm³/mol. The third kappa shape index (κ3) is 5.79. The quantitative estimate of drug-likeness (QED) is 0.678. The molecule has 35 heavy (non-hydrogen) atoms. The van der Waals surface area contributed by atoms with Gasteiger partial charge in [0.25, 0.3) is 5.91 Å². The summed E-state index contributed by atoms with van der Waals surface area (Å²) < 4.78 is 31.7. The fourth-order valence-corrected chi connectivity index (χ4v) is 4.26. The van der Waals surface area contributed by atoms with Crippen molar-refractivity contribution in [3.05, 3.63) is 65.5 Å². The number of amides is 2. The first kappa shape index (κ1) is 26.1. The number of aromatic nitrogens is 1. The van der Waals surface area contributed by atoms with Crippen molar-refractivity contribution in [2.45, 2.75) is 50.6 Å². The van der Waals surface area contributed by atoms with Crippen molar-refractivity contribution in [2.75, 3.05) is 13.1 Å². The van der Waals surface area contributed by atoms with Crippen molar-refractivity contribution in [2.24, 2.45) is 0 Å². The van der Waals surface area contributed by atoms with Gasteiger partial charge in [0.15, 0.2) is 0 Å². The fraction of sp³-hybridized carbons (Fsp3) is 0.417. The Morgan fingerprint density at radius 1 is 1.11 bits per heavy atom. The molecule has 4 rings (SSSR count). The summed E-state index contributed by atoms with van der Waals surface area (Å²) in [5, 5.41) is 18.1. The Balaban J connectivity index is 0.000000429. The molecule has 1 unspecified atom stereocenters. The molecule has 2 aromatic rings. The molecule has 11 heteroatoms. The Bertz CT molecular complexity index is 1070. The van der Waals surface area contributed by atoms with E-state index in [4.69, 9.17) is 9.90 Å². The summed E-state index contributed by atoms with van der Waals surface area (Å²) in [5.41, 5.74) is 1.32. The van der Waals surface area contributed by atoms with E-state index in [0.29, 0.717) is 50.2 Å². The average molecular weight is 493 g/mol. The molecule has 1 aromatic carbocycles. The molecule has 2 aliphatic heterocycles. The van der Waals surface area contributed by atoms with Gasteiger partial charge in [-0.25, -0.2) is 4.79 Å². The minimum atomic E-state index is -5.08. The molecule has 0 bridgehead atoms. The van der Waals surface area contributed by atoms with E-state index < -0.39 is 23.8 Å². The predicted octanol–water partition coefficient (Wildman–Crippen LogP) is 2.96. The maximum Gasteiger partial charge on any atom is 0.490 e. The molecule has 8 nitrogen and oxygen atoms in total. The number of fused-ring (bicyclic) bond motifs is 1. The summed E-state index contributed by atoms with van der Waals surface area (Å²) in [6, 6.07) is 12.6. The molecule has 188 valence electrons. The van der Waals surface area contributed by atoms with Gasteiger partial charge >= 0.3 is 12.1 Å². The second kappa shape index (κ2) is 10.4. The van der Waals surface area contributed by atoms with Crippen LogP contribution in [0.5, 0.6) is 0 Å². The number of aliphatic carboxylic acids is 1. The number of halogens is 3. The summed E-state index contributed by atoms with van der Waals surface area (Å²) in [6.07, 6.45) is -1.95. The number of carboxylic acid groups (broad SMARTS) is 1. The van der Waals surface area contributed by atoms with Crippen LogP contribution in [0.15, 0.2) is 48.7 Å². The molecular formula is C24H26F3N3O5. The highest BCUT2D eigenvalue weighted by atomic mass is 19.4. The van der Waals surface area contributed by atoms with Gasteiger partial charge in [0.1, 0.15) is 11.6 Å². The van der Waals surface area contributed by atoms with Crippen LogP contribution in [0.25, 0.3) is 0 Å². The molecule has 2 N–H and O–H groups in total. The number of carbonyl (C=O) groups is 3. The number of likely N-dealkylation sites (tertiary alicyclic amines) is 1. The molecule has 1 atom stereocenters. The number of rotatable bonds is 4. The van der Waals surface area contributed by atoms with Gasteiger partial charge in [-0.1, -0.05) is 31.2 Å². The van der Waals surface area contributed by atoms with Crippen LogP contribution in [0.3, 0.4) is 0 Å². The van der Waals surface area contributed by atoms with Crippen LogP contribution in [0.2, 0.25) is 0 Å². The third-order valence-corrected chi connectivity index (χ3v) is 6.18. The summed E-state index contributed by atoms with van der Waals surface area (Å²) >= 11 is 0. The summed E-state index contributed by atoms with van der Waals surface area (Å²) in [4.78, 5) is 42.6. The molecule has 0 saturated carbocycles. The van der Waals surface area contributed by atoms with Crippen molar-refractivity contribution in [3.63, 3.8) is 0 Å². The number of piperidine rings is 1. The van der Waals surface area contributed by atoms with Gasteiger partial charge in [-0.15, -0.1) is 0 Å². The first-order valence-electron chi connectivity index (χ1n) is 11.1. The molecule has 1 fully saturated rings. The first-order valence-corrected chi connectivity index (χ1v) is 11.1. The van der Waals surface area contributed by atoms with E-state index in [0.717, 1.165) is 5.56 Å². The summed E-state index contributed by atoms with van der Waals surface area (Å²) in [6.45, 7) is 3.33. The zero-order valence-electron chi connectivity index (χ0n) is 19.0. The molecule has 2 aliphatic rings. The van der Waals surface area contributed by atoms with Crippen LogP contribution in [0.4, 0.5) is 13.2 Å². The Morgan fingerprint density at radius 2 is 1.71 bits per heavy atom. The van der Waals surface area contributed by atoms with Crippen LogP contribution in [0.1, 0.15) is 47.8 Å². The summed E-state index contributed by atoms with van der Waals surface area (Å²) in [5.74, 6) is -2.86. The number of pyridine rings is 1. The van der Waals surface area contributed by atoms with Gasteiger partial charge in [-0.05, 0) is 43.0 Å². The summed E-state index contributed by atoms with van der Waals surface area (Å²) in [7, 11) is 0. The van der Waals surface area contributed by atoms with Crippen LogP contribution >= 0.6 is 0 Å². The topological polar surface area (TPSA) is 111 Å². The number of nitrogens with zero attached hydrogens (tertiary/aromatic N) is 3. The van der Waals surface area contributed by atoms with E-state index in [9.17, 15) is 27.9 Å². The van der Waals surface area contributed by atoms with E-state index >= 15 is 0 Å². The largest absolute Gasteiger partial charge is 0.490 e. The van der Waals surface area contributed by atoms with Gasteiger partial charge in [-0.2, -0.15) is 13.2 Å². The van der Waals surface area contributed by atoms with Gasteiger partial charge < -0.3 is 20.0 Å². The zero-order valence-corrected chi connectivity index (χ0v) is 19.0. The van der Waals surface area contributed by atoms with Crippen LogP contribution in [-0.2, 0) is 21.7 Å². The van der Waals surface area contributed by atoms with E-state index in [2.05, 4.69) is 4.98 Å². The molecule has 3 heterocycles. The number of alkyl halides is 3. The molecule has 0 radical (unpaired) electrons. The zero-order chi connectivity index (χ0) is 25.8. The highest BCUT2D eigenvalue weighted by Gasteiger charge is 2.41. The Labute approximate surface area is 200 Å². The molecule has 0 aliphatic carbocycles. The molecular weight excluding hydrogens is 467 g/mol. The third-order valence-electron chi connectivity index (χ3n) is 6.18. The Morgan fingerprint density at radius 3 is 2.23 bits per heavy atom. The highest BCUT2D eigenvalue weighted by molar-refractivity contribution is 6.01. The van der Waals surface area contributed by atoms with Crippen LogP contribution < -0.4 is 0 Å². The number of carbonyl (C=O) groups excluding carboxylic acids is 2. The van der Waals surface area contributed by atoms with Gasteiger partial charge in [0.2, 0.25) is 5.91 Å². The average Bonchev–Trinajstić information content (AvgIpc) is 3.16. The molecule has 1 aromatic heterocycles. The maximum absolute atomic E-state index is 13.2. The second-order valence-electron chi connectivity index (χ2n) is 8.39. The number of hydrogen-bond donors (Lipinski definition) is 2. The first-order chi connectivity index (χ1) is 16.5. The van der Waals surface area contributed by atoms with Gasteiger partial charge in [-0.3, -0.25) is 14.6 Å². The number of benzene rings is 1. The van der Waals surface area contributed by atoms with Crippen LogP contribution in [0, 0.1) is 0 Å². The number of carboxylic acids is 1. The standard InChI is InChI=1S/C22H25N3O3.C2HF3O2/c1-2-18(25-15-16-7-3-4-8-17(16)20(25)26)21(27)24-13-10-22(28,11-14-24)19-9-5-6-12-23-19;3-2(4,5)1(6)7/h3-9,12,18,28H,2,10-11,13-15H2,1H3;(H,6,7). The second-order valence-corrected chi connectivity index (χ2v) is 8.39. The normalized spacial score (nSPS) is 17.8. The van der Waals surface area contributed by atoms with Crippen molar-refractivity contribution >= 4 is 17.8 Å². The number of hydrogen-bond acceptors (Lipinski definition) is 5. The van der Waals surface area contributed by atoms with E-state index in [-0.39, 0.29) is 11.8 Å². The van der Waals surface area contributed by atoms with Crippen molar-refractivity contribution in [1.29, 1.82) is 0 Å². The monoisotopic (exact) mass is 493 g/mol. The fourth-order valence-electron chi connectivity index (χ4n) is 4.26. The van der Waals surface area contributed by atoms with E-state index in [1.54, 1.807) is 16.0 Å². The SMILES string of the molecule is CCC(C(=O)N1CCC(O)(c2ccccn2)CC1)N1Cc2ccccc2C1=O.O=C(O)C(F)(F)F. The van der Waals surface area contributed by atoms with Crippen molar-refractivity contribution in [3.8, 4) is 0 Å².